The Morgan fingerprint density at radius 2 is 2.11 bits per heavy atom. The van der Waals surface area contributed by atoms with Crippen LogP contribution in [0.2, 0.25) is 0 Å². The van der Waals surface area contributed by atoms with Crippen LogP contribution in [0.15, 0.2) is 12.1 Å². The van der Waals surface area contributed by atoms with Gasteiger partial charge in [0.05, 0.1) is 15.0 Å². The van der Waals surface area contributed by atoms with Gasteiger partial charge in [-0.3, -0.25) is 10.1 Å². The first kappa shape index (κ1) is 15.1. The molecule has 0 saturated carbocycles. The highest BCUT2D eigenvalue weighted by Crippen LogP contribution is 2.28. The Bertz CT molecular complexity index is 440. The SMILES string of the molecule is COC(CNc1cc(F)c(I)cc1[N+](=O)[O-])OC. The highest BCUT2D eigenvalue weighted by atomic mass is 127. The number of halogens is 2. The lowest BCUT2D eigenvalue weighted by Gasteiger charge is -2.15. The number of rotatable bonds is 6. The van der Waals surface area contributed by atoms with Crippen molar-refractivity contribution in [1.82, 2.24) is 0 Å². The molecule has 0 bridgehead atoms. The number of ether oxygens (including phenoxy) is 2. The molecule has 0 aliphatic rings. The van der Waals surface area contributed by atoms with Crippen molar-refractivity contribution in [2.24, 2.45) is 0 Å². The maximum Gasteiger partial charge on any atom is 0.293 e. The Morgan fingerprint density at radius 3 is 2.61 bits per heavy atom. The normalized spacial score (nSPS) is 10.7. The number of benzene rings is 1. The van der Waals surface area contributed by atoms with Crippen molar-refractivity contribution in [1.29, 1.82) is 0 Å². The monoisotopic (exact) mass is 370 g/mol. The van der Waals surface area contributed by atoms with Gasteiger partial charge >= 0.3 is 0 Å². The minimum atomic E-state index is -0.571. The van der Waals surface area contributed by atoms with Gasteiger partial charge in [0.1, 0.15) is 11.5 Å². The highest BCUT2D eigenvalue weighted by Gasteiger charge is 2.18. The molecule has 1 aromatic carbocycles. The minimum absolute atomic E-state index is 0.0945. The largest absolute Gasteiger partial charge is 0.374 e. The molecule has 0 aliphatic heterocycles. The number of nitro benzene ring substituents is 1. The first-order valence-corrected chi connectivity index (χ1v) is 6.00. The van der Waals surface area contributed by atoms with Gasteiger partial charge in [0.25, 0.3) is 5.69 Å². The Balaban J connectivity index is 2.93. The van der Waals surface area contributed by atoms with Crippen molar-refractivity contribution in [3.05, 3.63) is 31.6 Å². The topological polar surface area (TPSA) is 73.6 Å². The van der Waals surface area contributed by atoms with Gasteiger partial charge < -0.3 is 14.8 Å². The summed E-state index contributed by atoms with van der Waals surface area (Å²) in [7, 11) is 2.89. The lowest BCUT2D eigenvalue weighted by Crippen LogP contribution is -2.24. The van der Waals surface area contributed by atoms with Crippen molar-refractivity contribution >= 4 is 34.0 Å². The van der Waals surface area contributed by atoms with Gasteiger partial charge in [0.2, 0.25) is 0 Å². The summed E-state index contributed by atoms with van der Waals surface area (Å²) in [5, 5.41) is 13.6. The first-order chi connectivity index (χ1) is 8.49. The molecular formula is C10H12FIN2O4. The van der Waals surface area contributed by atoms with E-state index in [0.717, 1.165) is 6.07 Å². The summed E-state index contributed by atoms with van der Waals surface area (Å²) < 4.78 is 23.4. The van der Waals surface area contributed by atoms with Gasteiger partial charge in [0.15, 0.2) is 6.29 Å². The van der Waals surface area contributed by atoms with Gasteiger partial charge in [-0.05, 0) is 22.6 Å². The second-order valence-corrected chi connectivity index (χ2v) is 4.48. The van der Waals surface area contributed by atoms with Crippen LogP contribution in [-0.4, -0.2) is 32.0 Å². The minimum Gasteiger partial charge on any atom is -0.374 e. The van der Waals surface area contributed by atoms with E-state index in [9.17, 15) is 14.5 Å². The molecule has 0 aromatic heterocycles. The van der Waals surface area contributed by atoms with E-state index < -0.39 is 17.0 Å². The molecule has 8 heteroatoms. The van der Waals surface area contributed by atoms with E-state index >= 15 is 0 Å². The zero-order valence-corrected chi connectivity index (χ0v) is 11.9. The number of anilines is 1. The summed E-state index contributed by atoms with van der Waals surface area (Å²) in [5.41, 5.74) is -0.0937. The zero-order chi connectivity index (χ0) is 13.7. The van der Waals surface area contributed by atoms with Crippen molar-refractivity contribution in [3.63, 3.8) is 0 Å². The number of hydrogen-bond donors (Lipinski definition) is 1. The molecule has 18 heavy (non-hydrogen) atoms. The van der Waals surface area contributed by atoms with Crippen LogP contribution < -0.4 is 5.32 Å². The molecular weight excluding hydrogens is 358 g/mol. The fourth-order valence-electron chi connectivity index (χ4n) is 1.29. The molecule has 6 nitrogen and oxygen atoms in total. The molecule has 0 saturated heterocycles. The summed E-state index contributed by atoms with van der Waals surface area (Å²) in [6.45, 7) is 0.174. The molecule has 1 rings (SSSR count). The van der Waals surface area contributed by atoms with E-state index in [0.29, 0.717) is 0 Å². The van der Waals surface area contributed by atoms with E-state index in [1.54, 1.807) is 22.6 Å². The predicted molar refractivity (Wildman–Crippen MR) is 72.1 cm³/mol. The van der Waals surface area contributed by atoms with Crippen molar-refractivity contribution in [2.45, 2.75) is 6.29 Å². The van der Waals surface area contributed by atoms with Crippen LogP contribution in [0.5, 0.6) is 0 Å². The van der Waals surface area contributed by atoms with E-state index in [1.807, 2.05) is 0 Å². The van der Waals surface area contributed by atoms with Crippen LogP contribution in [0.4, 0.5) is 15.8 Å². The molecule has 0 spiro atoms. The molecule has 1 N–H and O–H groups in total. The number of nitrogens with zero attached hydrogens (tertiary/aromatic N) is 1. The predicted octanol–water partition coefficient (Wildman–Crippen LogP) is 2.37. The second kappa shape index (κ2) is 6.81. The third-order valence-corrected chi connectivity index (χ3v) is 3.05. The molecule has 0 unspecified atom stereocenters. The van der Waals surface area contributed by atoms with Crippen LogP contribution in [0, 0.1) is 19.5 Å². The molecule has 0 aliphatic carbocycles. The lowest BCUT2D eigenvalue weighted by atomic mass is 10.2. The standard InChI is InChI=1S/C10H12FIN2O4/c1-17-10(18-2)5-13-8-3-6(11)7(12)4-9(8)14(15)16/h3-4,10,13H,5H2,1-2H3. The van der Waals surface area contributed by atoms with E-state index in [1.165, 1.54) is 20.3 Å². The quantitative estimate of drug-likeness (QED) is 0.360. The molecule has 0 fully saturated rings. The number of nitro groups is 1. The van der Waals surface area contributed by atoms with Crippen molar-refractivity contribution in [2.75, 3.05) is 26.1 Å². The summed E-state index contributed by atoms with van der Waals surface area (Å²) in [6, 6.07) is 2.26. The summed E-state index contributed by atoms with van der Waals surface area (Å²) in [4.78, 5) is 10.3. The van der Waals surface area contributed by atoms with Crippen LogP contribution in [-0.2, 0) is 9.47 Å². The van der Waals surface area contributed by atoms with Crippen LogP contribution in [0.25, 0.3) is 0 Å². The van der Waals surface area contributed by atoms with Gasteiger partial charge in [-0.1, -0.05) is 0 Å². The third-order valence-electron chi connectivity index (χ3n) is 2.22. The highest BCUT2D eigenvalue weighted by molar-refractivity contribution is 14.1. The number of methoxy groups -OCH3 is 2. The second-order valence-electron chi connectivity index (χ2n) is 3.32. The average molecular weight is 370 g/mol. The van der Waals surface area contributed by atoms with E-state index in [4.69, 9.17) is 9.47 Å². The fraction of sp³-hybridized carbons (Fsp3) is 0.400. The first-order valence-electron chi connectivity index (χ1n) is 4.92. The smallest absolute Gasteiger partial charge is 0.293 e. The zero-order valence-electron chi connectivity index (χ0n) is 9.78. The van der Waals surface area contributed by atoms with Crippen LogP contribution in [0.3, 0.4) is 0 Å². The summed E-state index contributed by atoms with van der Waals surface area (Å²) >= 11 is 1.70. The summed E-state index contributed by atoms with van der Waals surface area (Å²) in [6.07, 6.45) is -0.563. The van der Waals surface area contributed by atoms with E-state index in [2.05, 4.69) is 5.32 Å². The Hall–Kier alpha value is -1.00. The average Bonchev–Trinajstić information content (AvgIpc) is 2.34. The van der Waals surface area contributed by atoms with Gasteiger partial charge in [-0.15, -0.1) is 0 Å². The van der Waals surface area contributed by atoms with Gasteiger partial charge in [-0.25, -0.2) is 4.39 Å². The molecule has 100 valence electrons. The number of hydrogen-bond acceptors (Lipinski definition) is 5. The molecule has 0 radical (unpaired) electrons. The molecule has 1 aromatic rings. The molecule has 0 atom stereocenters. The Labute approximate surface area is 117 Å². The van der Waals surface area contributed by atoms with Crippen LogP contribution >= 0.6 is 22.6 Å². The van der Waals surface area contributed by atoms with Gasteiger partial charge in [-0.2, -0.15) is 0 Å². The number of nitrogens with one attached hydrogen (secondary N) is 1. The summed E-state index contributed by atoms with van der Waals surface area (Å²) in [5.74, 6) is -0.518. The van der Waals surface area contributed by atoms with Gasteiger partial charge in [0, 0.05) is 26.4 Å². The Morgan fingerprint density at radius 1 is 1.50 bits per heavy atom. The lowest BCUT2D eigenvalue weighted by molar-refractivity contribution is -0.384. The fourth-order valence-corrected chi connectivity index (χ4v) is 1.74. The maximum absolute atomic E-state index is 13.4. The van der Waals surface area contributed by atoms with Crippen molar-refractivity contribution < 1.29 is 18.8 Å². The third kappa shape index (κ3) is 3.75. The molecule has 0 amide bonds. The van der Waals surface area contributed by atoms with E-state index in [-0.39, 0.29) is 21.5 Å². The van der Waals surface area contributed by atoms with Crippen molar-refractivity contribution in [3.8, 4) is 0 Å². The van der Waals surface area contributed by atoms with Crippen LogP contribution in [0.1, 0.15) is 0 Å². The Kier molecular flexibility index (Phi) is 5.69. The molecule has 0 heterocycles. The maximum atomic E-state index is 13.4.